The molecule has 0 saturated heterocycles. The number of hydrogen-bond acceptors (Lipinski definition) is 3. The molecular formula is C14H14N2O2. The predicted octanol–water partition coefficient (Wildman–Crippen LogP) is 2.66. The van der Waals surface area contributed by atoms with Gasteiger partial charge in [-0.3, -0.25) is 9.78 Å². The van der Waals surface area contributed by atoms with Crippen LogP contribution in [0.15, 0.2) is 36.7 Å². The van der Waals surface area contributed by atoms with Gasteiger partial charge in [0.1, 0.15) is 5.75 Å². The molecule has 1 aromatic carbocycles. The maximum Gasteiger partial charge on any atom is 0.255 e. The number of phenolic OH excluding ortho intramolecular Hbond substituents is 1. The molecule has 0 unspecified atom stereocenters. The van der Waals surface area contributed by atoms with Gasteiger partial charge in [-0.1, -0.05) is 6.07 Å². The highest BCUT2D eigenvalue weighted by molar-refractivity contribution is 6.04. The highest BCUT2D eigenvalue weighted by atomic mass is 16.3. The SMILES string of the molecule is Cc1ccc(C(=O)Nc2ccncc2C)cc1O. The summed E-state index contributed by atoms with van der Waals surface area (Å²) in [5.41, 5.74) is 2.78. The smallest absolute Gasteiger partial charge is 0.255 e. The number of aromatic hydroxyl groups is 1. The van der Waals surface area contributed by atoms with E-state index in [0.717, 1.165) is 16.8 Å². The first-order valence-electron chi connectivity index (χ1n) is 5.59. The Balaban J connectivity index is 2.22. The first kappa shape index (κ1) is 12.1. The van der Waals surface area contributed by atoms with Crippen molar-refractivity contribution >= 4 is 11.6 Å². The molecule has 0 aliphatic rings. The zero-order chi connectivity index (χ0) is 13.1. The molecule has 2 aromatic rings. The van der Waals surface area contributed by atoms with Crippen LogP contribution in [0.2, 0.25) is 0 Å². The summed E-state index contributed by atoms with van der Waals surface area (Å²) in [5.74, 6) is -0.131. The van der Waals surface area contributed by atoms with Gasteiger partial charge in [0, 0.05) is 23.6 Å². The Bertz CT molecular complexity index is 594. The van der Waals surface area contributed by atoms with Gasteiger partial charge in [-0.05, 0) is 43.2 Å². The summed E-state index contributed by atoms with van der Waals surface area (Å²) in [6, 6.07) is 6.59. The third-order valence-corrected chi connectivity index (χ3v) is 2.74. The van der Waals surface area contributed by atoms with Gasteiger partial charge in [0.15, 0.2) is 0 Å². The monoisotopic (exact) mass is 242 g/mol. The summed E-state index contributed by atoms with van der Waals surface area (Å²) >= 11 is 0. The van der Waals surface area contributed by atoms with Gasteiger partial charge in [-0.2, -0.15) is 0 Å². The molecule has 0 bridgehead atoms. The number of hydrogen-bond donors (Lipinski definition) is 2. The van der Waals surface area contributed by atoms with E-state index in [1.165, 1.54) is 6.07 Å². The summed E-state index contributed by atoms with van der Waals surface area (Å²) in [4.78, 5) is 15.9. The van der Waals surface area contributed by atoms with Crippen molar-refractivity contribution in [1.82, 2.24) is 4.98 Å². The Hall–Kier alpha value is -2.36. The zero-order valence-corrected chi connectivity index (χ0v) is 10.3. The lowest BCUT2D eigenvalue weighted by Crippen LogP contribution is -2.12. The minimum absolute atomic E-state index is 0.120. The van der Waals surface area contributed by atoms with Gasteiger partial charge < -0.3 is 10.4 Å². The van der Waals surface area contributed by atoms with Gasteiger partial charge in [-0.25, -0.2) is 0 Å². The van der Waals surface area contributed by atoms with Crippen LogP contribution in [-0.4, -0.2) is 16.0 Å². The zero-order valence-electron chi connectivity index (χ0n) is 10.3. The molecule has 1 amide bonds. The number of carbonyl (C=O) groups is 1. The number of rotatable bonds is 2. The summed E-state index contributed by atoms with van der Waals surface area (Å²) in [7, 11) is 0. The number of aryl methyl sites for hydroxylation is 2. The Labute approximate surface area is 105 Å². The highest BCUT2D eigenvalue weighted by Crippen LogP contribution is 2.19. The number of benzene rings is 1. The Morgan fingerprint density at radius 1 is 1.22 bits per heavy atom. The Kier molecular flexibility index (Phi) is 3.28. The first-order chi connectivity index (χ1) is 8.58. The molecule has 1 aromatic heterocycles. The number of pyridine rings is 1. The quantitative estimate of drug-likeness (QED) is 0.851. The largest absolute Gasteiger partial charge is 0.508 e. The lowest BCUT2D eigenvalue weighted by atomic mass is 10.1. The molecule has 4 heteroatoms. The summed E-state index contributed by atoms with van der Waals surface area (Å²) in [5, 5.41) is 12.4. The third-order valence-electron chi connectivity index (χ3n) is 2.74. The van der Waals surface area contributed by atoms with E-state index in [-0.39, 0.29) is 11.7 Å². The van der Waals surface area contributed by atoms with Gasteiger partial charge >= 0.3 is 0 Å². The lowest BCUT2D eigenvalue weighted by molar-refractivity contribution is 0.102. The molecular weight excluding hydrogens is 228 g/mol. The number of aromatic nitrogens is 1. The fraction of sp³-hybridized carbons (Fsp3) is 0.143. The van der Waals surface area contributed by atoms with Gasteiger partial charge in [0.25, 0.3) is 5.91 Å². The van der Waals surface area contributed by atoms with Crippen LogP contribution in [0.3, 0.4) is 0 Å². The van der Waals surface area contributed by atoms with Crippen LogP contribution < -0.4 is 5.32 Å². The Morgan fingerprint density at radius 2 is 2.00 bits per heavy atom. The first-order valence-corrected chi connectivity index (χ1v) is 5.59. The van der Waals surface area contributed by atoms with E-state index in [9.17, 15) is 9.90 Å². The number of phenols is 1. The van der Waals surface area contributed by atoms with Crippen LogP contribution in [0.1, 0.15) is 21.5 Å². The molecule has 0 aliphatic carbocycles. The fourth-order valence-electron chi connectivity index (χ4n) is 1.56. The molecule has 0 fully saturated rings. The van der Waals surface area contributed by atoms with E-state index in [1.807, 2.05) is 6.92 Å². The molecule has 18 heavy (non-hydrogen) atoms. The standard InChI is InChI=1S/C14H14N2O2/c1-9-3-4-11(7-13(9)17)14(18)16-12-5-6-15-8-10(12)2/h3-8,17H,1-2H3,(H,15,16,18). The van der Waals surface area contributed by atoms with Gasteiger partial charge in [-0.15, -0.1) is 0 Å². The minimum Gasteiger partial charge on any atom is -0.508 e. The number of amides is 1. The van der Waals surface area contributed by atoms with Crippen molar-refractivity contribution in [2.24, 2.45) is 0 Å². The fourth-order valence-corrected chi connectivity index (χ4v) is 1.56. The lowest BCUT2D eigenvalue weighted by Gasteiger charge is -2.08. The van der Waals surface area contributed by atoms with Crippen molar-refractivity contribution < 1.29 is 9.90 Å². The van der Waals surface area contributed by atoms with Crippen LogP contribution in [0.25, 0.3) is 0 Å². The van der Waals surface area contributed by atoms with Crippen molar-refractivity contribution in [2.45, 2.75) is 13.8 Å². The van der Waals surface area contributed by atoms with Crippen molar-refractivity contribution in [3.63, 3.8) is 0 Å². The van der Waals surface area contributed by atoms with E-state index in [2.05, 4.69) is 10.3 Å². The van der Waals surface area contributed by atoms with Crippen molar-refractivity contribution in [3.8, 4) is 5.75 Å². The van der Waals surface area contributed by atoms with E-state index < -0.39 is 0 Å². The third kappa shape index (κ3) is 2.48. The van der Waals surface area contributed by atoms with Crippen molar-refractivity contribution in [1.29, 1.82) is 0 Å². The molecule has 0 aliphatic heterocycles. The summed E-state index contributed by atoms with van der Waals surface area (Å²) in [6.45, 7) is 3.65. The molecule has 2 N–H and O–H groups in total. The van der Waals surface area contributed by atoms with Gasteiger partial charge in [0.05, 0.1) is 0 Å². The molecule has 92 valence electrons. The van der Waals surface area contributed by atoms with Crippen LogP contribution in [0.5, 0.6) is 5.75 Å². The second kappa shape index (κ2) is 4.87. The van der Waals surface area contributed by atoms with E-state index in [1.54, 1.807) is 37.5 Å². The van der Waals surface area contributed by atoms with Crippen LogP contribution in [0.4, 0.5) is 5.69 Å². The van der Waals surface area contributed by atoms with E-state index in [4.69, 9.17) is 0 Å². The molecule has 1 heterocycles. The number of nitrogens with zero attached hydrogens (tertiary/aromatic N) is 1. The maximum atomic E-state index is 12.0. The normalized spacial score (nSPS) is 10.1. The average molecular weight is 242 g/mol. The van der Waals surface area contributed by atoms with Crippen LogP contribution in [-0.2, 0) is 0 Å². The molecule has 0 atom stereocenters. The summed E-state index contributed by atoms with van der Waals surface area (Å²) in [6.07, 6.45) is 3.30. The topological polar surface area (TPSA) is 62.2 Å². The van der Waals surface area contributed by atoms with Crippen molar-refractivity contribution in [3.05, 3.63) is 53.3 Å². The average Bonchev–Trinajstić information content (AvgIpc) is 2.35. The maximum absolute atomic E-state index is 12.0. The van der Waals surface area contributed by atoms with Crippen LogP contribution >= 0.6 is 0 Å². The Morgan fingerprint density at radius 3 is 2.67 bits per heavy atom. The second-order valence-corrected chi connectivity index (χ2v) is 4.15. The minimum atomic E-state index is -0.250. The van der Waals surface area contributed by atoms with Crippen molar-refractivity contribution in [2.75, 3.05) is 5.32 Å². The number of nitrogens with one attached hydrogen (secondary N) is 1. The summed E-state index contributed by atoms with van der Waals surface area (Å²) < 4.78 is 0. The molecule has 0 saturated carbocycles. The van der Waals surface area contributed by atoms with Crippen LogP contribution in [0, 0.1) is 13.8 Å². The number of carbonyl (C=O) groups excluding carboxylic acids is 1. The highest BCUT2D eigenvalue weighted by Gasteiger charge is 2.09. The van der Waals surface area contributed by atoms with E-state index >= 15 is 0 Å². The second-order valence-electron chi connectivity index (χ2n) is 4.15. The molecule has 4 nitrogen and oxygen atoms in total. The number of anilines is 1. The predicted molar refractivity (Wildman–Crippen MR) is 69.8 cm³/mol. The molecule has 0 radical (unpaired) electrons. The van der Waals surface area contributed by atoms with Gasteiger partial charge in [0.2, 0.25) is 0 Å². The van der Waals surface area contributed by atoms with E-state index in [0.29, 0.717) is 5.56 Å². The molecule has 2 rings (SSSR count). The molecule has 0 spiro atoms.